The van der Waals surface area contributed by atoms with E-state index in [1.54, 1.807) is 19.1 Å². The van der Waals surface area contributed by atoms with Crippen LogP contribution >= 0.6 is 15.9 Å². The summed E-state index contributed by atoms with van der Waals surface area (Å²) < 4.78 is 11.3. The standard InChI is InChI=1S/C19H24BrN3O3/c1-22(13-17-7-8-18(20)26-17)19(24)21-14-9-11-23(12-10-14)15-3-5-16(25-2)6-4-15/h3-8,14H,9-13H2,1-2H3,(H,21,24). The fourth-order valence-electron chi connectivity index (χ4n) is 3.10. The highest BCUT2D eigenvalue weighted by Gasteiger charge is 2.22. The Kier molecular flexibility index (Phi) is 6.08. The third-order valence-electron chi connectivity index (χ3n) is 4.63. The SMILES string of the molecule is COc1ccc(N2CCC(NC(=O)N(C)Cc3ccc(Br)o3)CC2)cc1. The number of amides is 2. The summed E-state index contributed by atoms with van der Waals surface area (Å²) in [5, 5.41) is 3.12. The maximum absolute atomic E-state index is 12.4. The number of hydrogen-bond acceptors (Lipinski definition) is 4. The van der Waals surface area contributed by atoms with Gasteiger partial charge in [-0.2, -0.15) is 0 Å². The van der Waals surface area contributed by atoms with E-state index in [2.05, 4.69) is 38.3 Å². The van der Waals surface area contributed by atoms with Crippen molar-refractivity contribution in [2.45, 2.75) is 25.4 Å². The van der Waals surface area contributed by atoms with Crippen molar-refractivity contribution in [3.8, 4) is 5.75 Å². The van der Waals surface area contributed by atoms with Gasteiger partial charge in [-0.05, 0) is 65.2 Å². The fourth-order valence-corrected chi connectivity index (χ4v) is 3.44. The molecule has 26 heavy (non-hydrogen) atoms. The average molecular weight is 422 g/mol. The van der Waals surface area contributed by atoms with Crippen LogP contribution in [0, 0.1) is 0 Å². The highest BCUT2D eigenvalue weighted by Crippen LogP contribution is 2.23. The lowest BCUT2D eigenvalue weighted by molar-refractivity contribution is 0.196. The van der Waals surface area contributed by atoms with Crippen molar-refractivity contribution in [2.75, 3.05) is 32.1 Å². The number of carbonyl (C=O) groups is 1. The minimum absolute atomic E-state index is 0.0691. The van der Waals surface area contributed by atoms with Crippen molar-refractivity contribution in [1.29, 1.82) is 0 Å². The molecule has 1 saturated heterocycles. The van der Waals surface area contributed by atoms with E-state index in [0.717, 1.165) is 37.4 Å². The number of rotatable bonds is 5. The van der Waals surface area contributed by atoms with Gasteiger partial charge in [0.15, 0.2) is 4.67 Å². The third kappa shape index (κ3) is 4.72. The topological polar surface area (TPSA) is 58.0 Å². The summed E-state index contributed by atoms with van der Waals surface area (Å²) in [5.41, 5.74) is 1.19. The lowest BCUT2D eigenvalue weighted by atomic mass is 10.0. The lowest BCUT2D eigenvalue weighted by Crippen LogP contribution is -2.48. The van der Waals surface area contributed by atoms with Crippen LogP contribution in [-0.4, -0.2) is 44.2 Å². The molecule has 0 bridgehead atoms. The molecule has 0 aliphatic carbocycles. The predicted octanol–water partition coefficient (Wildman–Crippen LogP) is 3.86. The Balaban J connectivity index is 1.46. The largest absolute Gasteiger partial charge is 0.497 e. The summed E-state index contributed by atoms with van der Waals surface area (Å²) in [5.74, 6) is 1.62. The van der Waals surface area contributed by atoms with Crippen molar-refractivity contribution in [3.05, 3.63) is 46.8 Å². The van der Waals surface area contributed by atoms with E-state index in [0.29, 0.717) is 11.2 Å². The molecule has 0 unspecified atom stereocenters. The summed E-state index contributed by atoms with van der Waals surface area (Å²) in [6, 6.07) is 11.9. The van der Waals surface area contributed by atoms with Gasteiger partial charge in [-0.3, -0.25) is 0 Å². The number of hydrogen-bond donors (Lipinski definition) is 1. The van der Waals surface area contributed by atoms with Crippen molar-refractivity contribution in [2.24, 2.45) is 0 Å². The number of ether oxygens (including phenoxy) is 1. The third-order valence-corrected chi connectivity index (χ3v) is 5.05. The molecule has 6 nitrogen and oxygen atoms in total. The van der Waals surface area contributed by atoms with E-state index in [-0.39, 0.29) is 12.1 Å². The molecule has 2 heterocycles. The molecule has 1 aromatic heterocycles. The molecular formula is C19H24BrN3O3. The molecule has 0 radical (unpaired) electrons. The summed E-state index contributed by atoms with van der Waals surface area (Å²) in [6.07, 6.45) is 1.86. The van der Waals surface area contributed by atoms with Crippen molar-refractivity contribution in [1.82, 2.24) is 10.2 Å². The number of nitrogens with zero attached hydrogens (tertiary/aromatic N) is 2. The van der Waals surface area contributed by atoms with Crippen LogP contribution in [0.25, 0.3) is 0 Å². The van der Waals surface area contributed by atoms with Crippen LogP contribution in [0.15, 0.2) is 45.5 Å². The molecule has 2 aromatic rings. The van der Waals surface area contributed by atoms with Gasteiger partial charge in [0, 0.05) is 31.9 Å². The van der Waals surface area contributed by atoms with Gasteiger partial charge in [0.05, 0.1) is 13.7 Å². The van der Waals surface area contributed by atoms with Gasteiger partial charge in [-0.15, -0.1) is 0 Å². The van der Waals surface area contributed by atoms with Gasteiger partial charge in [0.25, 0.3) is 0 Å². The Bertz CT molecular complexity index is 724. The Hall–Kier alpha value is -2.15. The quantitative estimate of drug-likeness (QED) is 0.795. The van der Waals surface area contributed by atoms with E-state index in [9.17, 15) is 4.79 Å². The van der Waals surface area contributed by atoms with E-state index in [4.69, 9.17) is 9.15 Å². The molecule has 0 spiro atoms. The maximum Gasteiger partial charge on any atom is 0.317 e. The summed E-state index contributed by atoms with van der Waals surface area (Å²) in [4.78, 5) is 16.4. The van der Waals surface area contributed by atoms with Crippen LogP contribution < -0.4 is 15.0 Å². The number of anilines is 1. The summed E-state index contributed by atoms with van der Waals surface area (Å²) >= 11 is 3.27. The number of methoxy groups -OCH3 is 1. The molecule has 1 N–H and O–H groups in total. The summed E-state index contributed by atoms with van der Waals surface area (Å²) in [7, 11) is 3.45. The number of halogens is 1. The molecule has 7 heteroatoms. The number of benzene rings is 1. The first kappa shape index (κ1) is 18.6. The first-order valence-electron chi connectivity index (χ1n) is 8.70. The van der Waals surface area contributed by atoms with Crippen LogP contribution in [0.3, 0.4) is 0 Å². The van der Waals surface area contributed by atoms with Gasteiger partial charge in [0.1, 0.15) is 11.5 Å². The number of piperidine rings is 1. The number of nitrogens with one attached hydrogen (secondary N) is 1. The second kappa shape index (κ2) is 8.49. The van der Waals surface area contributed by atoms with Crippen molar-refractivity contribution in [3.63, 3.8) is 0 Å². The lowest BCUT2D eigenvalue weighted by Gasteiger charge is -2.34. The average Bonchev–Trinajstić information content (AvgIpc) is 3.07. The maximum atomic E-state index is 12.4. The van der Waals surface area contributed by atoms with E-state index in [1.165, 1.54) is 5.69 Å². The smallest absolute Gasteiger partial charge is 0.317 e. The van der Waals surface area contributed by atoms with Crippen LogP contribution in [0.2, 0.25) is 0 Å². The van der Waals surface area contributed by atoms with E-state index in [1.807, 2.05) is 24.3 Å². The first-order valence-corrected chi connectivity index (χ1v) is 9.49. The normalized spacial score (nSPS) is 15.0. The Morgan fingerprint density at radius 2 is 1.96 bits per heavy atom. The molecule has 1 aliphatic heterocycles. The van der Waals surface area contributed by atoms with Crippen LogP contribution in [0.4, 0.5) is 10.5 Å². The summed E-state index contributed by atoms with van der Waals surface area (Å²) in [6.45, 7) is 2.29. The second-order valence-corrected chi connectivity index (χ2v) is 7.25. The zero-order chi connectivity index (χ0) is 18.5. The zero-order valence-electron chi connectivity index (χ0n) is 15.1. The predicted molar refractivity (Wildman–Crippen MR) is 105 cm³/mol. The fraction of sp³-hybridized carbons (Fsp3) is 0.421. The Labute approximate surface area is 162 Å². The molecule has 3 rings (SSSR count). The van der Waals surface area contributed by atoms with Gasteiger partial charge in [-0.25, -0.2) is 4.79 Å². The monoisotopic (exact) mass is 421 g/mol. The van der Waals surface area contributed by atoms with Crippen molar-refractivity contribution < 1.29 is 13.9 Å². The molecule has 1 aromatic carbocycles. The van der Waals surface area contributed by atoms with Gasteiger partial charge < -0.3 is 24.3 Å². The minimum atomic E-state index is -0.0691. The Morgan fingerprint density at radius 1 is 1.27 bits per heavy atom. The van der Waals surface area contributed by atoms with Gasteiger partial charge in [0.2, 0.25) is 0 Å². The number of furan rings is 1. The molecule has 140 valence electrons. The van der Waals surface area contributed by atoms with E-state index >= 15 is 0 Å². The molecule has 1 aliphatic rings. The second-order valence-electron chi connectivity index (χ2n) is 6.47. The van der Waals surface area contributed by atoms with E-state index < -0.39 is 0 Å². The van der Waals surface area contributed by atoms with Crippen LogP contribution in [-0.2, 0) is 6.54 Å². The highest BCUT2D eigenvalue weighted by atomic mass is 79.9. The van der Waals surface area contributed by atoms with Gasteiger partial charge >= 0.3 is 6.03 Å². The van der Waals surface area contributed by atoms with Crippen molar-refractivity contribution >= 4 is 27.6 Å². The number of carbonyl (C=O) groups excluding carboxylic acids is 1. The van der Waals surface area contributed by atoms with Crippen LogP contribution in [0.1, 0.15) is 18.6 Å². The molecule has 0 saturated carbocycles. The molecule has 0 atom stereocenters. The highest BCUT2D eigenvalue weighted by molar-refractivity contribution is 9.10. The molecule has 2 amide bonds. The Morgan fingerprint density at radius 3 is 2.54 bits per heavy atom. The zero-order valence-corrected chi connectivity index (χ0v) is 16.7. The molecule has 1 fully saturated rings. The van der Waals surface area contributed by atoms with Gasteiger partial charge in [-0.1, -0.05) is 0 Å². The molecular weight excluding hydrogens is 398 g/mol. The first-order chi connectivity index (χ1) is 12.5. The van der Waals surface area contributed by atoms with Crippen LogP contribution in [0.5, 0.6) is 5.75 Å². The number of urea groups is 1. The minimum Gasteiger partial charge on any atom is -0.497 e.